The van der Waals surface area contributed by atoms with Gasteiger partial charge in [0.2, 0.25) is 0 Å². The second-order valence-electron chi connectivity index (χ2n) is 7.31. The van der Waals surface area contributed by atoms with Gasteiger partial charge in [0, 0.05) is 30.5 Å². The molecule has 0 radical (unpaired) electrons. The fourth-order valence-corrected chi connectivity index (χ4v) is 4.04. The molecule has 0 bridgehead atoms. The van der Waals surface area contributed by atoms with Gasteiger partial charge in [0.05, 0.1) is 12.6 Å². The van der Waals surface area contributed by atoms with Gasteiger partial charge in [0.25, 0.3) is 0 Å². The maximum absolute atomic E-state index is 5.88. The largest absolute Gasteiger partial charge is 0.377 e. The SMILES string of the molecule is CCNC(=NCc1ccccc1C)NC1C2CCOC2C1(C)C. The van der Waals surface area contributed by atoms with E-state index >= 15 is 0 Å². The number of ether oxygens (including phenoxy) is 1. The molecular formula is C19H29N3O. The molecule has 126 valence electrons. The van der Waals surface area contributed by atoms with Gasteiger partial charge in [0.1, 0.15) is 0 Å². The summed E-state index contributed by atoms with van der Waals surface area (Å²) >= 11 is 0. The van der Waals surface area contributed by atoms with Crippen LogP contribution < -0.4 is 10.6 Å². The summed E-state index contributed by atoms with van der Waals surface area (Å²) in [6.07, 6.45) is 1.56. The topological polar surface area (TPSA) is 45.7 Å². The molecule has 3 rings (SSSR count). The molecule has 2 fully saturated rings. The van der Waals surface area contributed by atoms with Crippen LogP contribution in [0, 0.1) is 18.3 Å². The second kappa shape index (κ2) is 6.52. The average Bonchev–Trinajstić information content (AvgIpc) is 2.98. The minimum absolute atomic E-state index is 0.167. The highest BCUT2D eigenvalue weighted by Crippen LogP contribution is 2.52. The lowest BCUT2D eigenvalue weighted by molar-refractivity contribution is -0.106. The van der Waals surface area contributed by atoms with E-state index in [1.165, 1.54) is 11.1 Å². The summed E-state index contributed by atoms with van der Waals surface area (Å²) in [6, 6.07) is 8.87. The van der Waals surface area contributed by atoms with Crippen molar-refractivity contribution in [3.05, 3.63) is 35.4 Å². The molecule has 1 heterocycles. The first-order valence-corrected chi connectivity index (χ1v) is 8.75. The predicted octanol–water partition coefficient (Wildman–Crippen LogP) is 2.86. The molecule has 4 nitrogen and oxygen atoms in total. The number of fused-ring (bicyclic) bond motifs is 1. The number of hydrogen-bond donors (Lipinski definition) is 2. The predicted molar refractivity (Wildman–Crippen MR) is 94.5 cm³/mol. The van der Waals surface area contributed by atoms with Crippen LogP contribution in [0.5, 0.6) is 0 Å². The van der Waals surface area contributed by atoms with Crippen molar-refractivity contribution >= 4 is 5.96 Å². The Morgan fingerprint density at radius 2 is 2.13 bits per heavy atom. The van der Waals surface area contributed by atoms with Crippen LogP contribution in [0.3, 0.4) is 0 Å². The van der Waals surface area contributed by atoms with Gasteiger partial charge in [-0.3, -0.25) is 0 Å². The average molecular weight is 315 g/mol. The molecule has 1 aliphatic heterocycles. The molecule has 3 unspecified atom stereocenters. The Morgan fingerprint density at radius 1 is 1.35 bits per heavy atom. The van der Waals surface area contributed by atoms with E-state index in [0.717, 1.165) is 25.5 Å². The summed E-state index contributed by atoms with van der Waals surface area (Å²) in [4.78, 5) is 4.80. The van der Waals surface area contributed by atoms with Crippen LogP contribution in [0.15, 0.2) is 29.3 Å². The van der Waals surface area contributed by atoms with Crippen LogP contribution in [-0.4, -0.2) is 31.3 Å². The Labute approximate surface area is 139 Å². The fraction of sp³-hybridized carbons (Fsp3) is 0.632. The number of guanidine groups is 1. The quantitative estimate of drug-likeness (QED) is 0.663. The molecule has 1 aromatic carbocycles. The summed E-state index contributed by atoms with van der Waals surface area (Å²) < 4.78 is 5.88. The molecule has 2 N–H and O–H groups in total. The molecule has 0 spiro atoms. The highest BCUT2D eigenvalue weighted by Gasteiger charge is 2.59. The van der Waals surface area contributed by atoms with Gasteiger partial charge in [-0.2, -0.15) is 0 Å². The molecule has 23 heavy (non-hydrogen) atoms. The van der Waals surface area contributed by atoms with Crippen LogP contribution >= 0.6 is 0 Å². The molecule has 1 saturated heterocycles. The van der Waals surface area contributed by atoms with Gasteiger partial charge in [-0.1, -0.05) is 38.1 Å². The number of aliphatic imine (C=N–C) groups is 1. The summed E-state index contributed by atoms with van der Waals surface area (Å²) in [5, 5.41) is 7.05. The molecule has 1 saturated carbocycles. The van der Waals surface area contributed by atoms with Gasteiger partial charge in [-0.25, -0.2) is 4.99 Å². The van der Waals surface area contributed by atoms with Crippen LogP contribution in [0.2, 0.25) is 0 Å². The molecule has 3 atom stereocenters. The van der Waals surface area contributed by atoms with E-state index in [1.54, 1.807) is 0 Å². The van der Waals surface area contributed by atoms with Crippen molar-refractivity contribution in [2.75, 3.05) is 13.2 Å². The van der Waals surface area contributed by atoms with E-state index in [-0.39, 0.29) is 5.41 Å². The summed E-state index contributed by atoms with van der Waals surface area (Å²) in [6.45, 7) is 11.3. The molecule has 1 aliphatic carbocycles. The lowest BCUT2D eigenvalue weighted by atomic mass is 9.57. The smallest absolute Gasteiger partial charge is 0.191 e. The van der Waals surface area contributed by atoms with E-state index < -0.39 is 0 Å². The number of aryl methyl sites for hydroxylation is 1. The number of hydrogen-bond acceptors (Lipinski definition) is 2. The lowest BCUT2D eigenvalue weighted by Gasteiger charge is -2.54. The molecule has 4 heteroatoms. The van der Waals surface area contributed by atoms with Crippen LogP contribution in [-0.2, 0) is 11.3 Å². The Morgan fingerprint density at radius 3 is 2.87 bits per heavy atom. The number of rotatable bonds is 4. The Bertz CT molecular complexity index is 582. The molecular weight excluding hydrogens is 286 g/mol. The zero-order chi connectivity index (χ0) is 16.4. The van der Waals surface area contributed by atoms with Gasteiger partial charge in [-0.05, 0) is 31.4 Å². The normalized spacial score (nSPS) is 28.9. The first-order chi connectivity index (χ1) is 11.0. The monoisotopic (exact) mass is 315 g/mol. The van der Waals surface area contributed by atoms with Crippen molar-refractivity contribution in [1.29, 1.82) is 0 Å². The first-order valence-electron chi connectivity index (χ1n) is 8.75. The van der Waals surface area contributed by atoms with E-state index in [0.29, 0.717) is 24.6 Å². The minimum Gasteiger partial charge on any atom is -0.377 e. The Balaban J connectivity index is 1.69. The second-order valence-corrected chi connectivity index (χ2v) is 7.31. The molecule has 2 aliphatic rings. The van der Waals surface area contributed by atoms with Crippen molar-refractivity contribution in [3.8, 4) is 0 Å². The number of nitrogens with zero attached hydrogens (tertiary/aromatic N) is 1. The summed E-state index contributed by atoms with van der Waals surface area (Å²) in [5.41, 5.74) is 2.74. The fourth-order valence-electron chi connectivity index (χ4n) is 4.04. The lowest BCUT2D eigenvalue weighted by Crippen LogP contribution is -2.67. The van der Waals surface area contributed by atoms with Crippen LogP contribution in [0.4, 0.5) is 0 Å². The van der Waals surface area contributed by atoms with Crippen LogP contribution in [0.25, 0.3) is 0 Å². The van der Waals surface area contributed by atoms with Crippen molar-refractivity contribution in [2.45, 2.75) is 52.8 Å². The third-order valence-corrected chi connectivity index (χ3v) is 5.41. The highest BCUT2D eigenvalue weighted by atomic mass is 16.5. The Hall–Kier alpha value is -1.55. The van der Waals surface area contributed by atoms with E-state index in [2.05, 4.69) is 62.6 Å². The number of benzene rings is 1. The third-order valence-electron chi connectivity index (χ3n) is 5.41. The van der Waals surface area contributed by atoms with Crippen LogP contribution in [0.1, 0.15) is 38.3 Å². The van der Waals surface area contributed by atoms with Crippen molar-refractivity contribution in [2.24, 2.45) is 16.3 Å². The van der Waals surface area contributed by atoms with E-state index in [9.17, 15) is 0 Å². The summed E-state index contributed by atoms with van der Waals surface area (Å²) in [7, 11) is 0. The minimum atomic E-state index is 0.167. The standard InChI is InChI=1S/C19H29N3O/c1-5-20-18(21-12-14-9-7-6-8-13(14)2)22-16-15-10-11-23-17(15)19(16,3)4/h6-9,15-17H,5,10-12H2,1-4H3,(H2,20,21,22). The van der Waals surface area contributed by atoms with E-state index in [1.807, 2.05) is 0 Å². The van der Waals surface area contributed by atoms with E-state index in [4.69, 9.17) is 9.73 Å². The summed E-state index contributed by atoms with van der Waals surface area (Å²) in [5.74, 6) is 1.53. The van der Waals surface area contributed by atoms with Crippen molar-refractivity contribution in [3.63, 3.8) is 0 Å². The van der Waals surface area contributed by atoms with Crippen molar-refractivity contribution < 1.29 is 4.74 Å². The zero-order valence-electron chi connectivity index (χ0n) is 14.7. The zero-order valence-corrected chi connectivity index (χ0v) is 14.7. The maximum Gasteiger partial charge on any atom is 0.191 e. The number of nitrogens with one attached hydrogen (secondary N) is 2. The Kier molecular flexibility index (Phi) is 4.62. The highest BCUT2D eigenvalue weighted by molar-refractivity contribution is 5.80. The molecule has 0 amide bonds. The third kappa shape index (κ3) is 3.09. The van der Waals surface area contributed by atoms with Gasteiger partial charge >= 0.3 is 0 Å². The molecule has 0 aromatic heterocycles. The van der Waals surface area contributed by atoms with Gasteiger partial charge < -0.3 is 15.4 Å². The molecule has 1 aromatic rings. The van der Waals surface area contributed by atoms with Gasteiger partial charge in [-0.15, -0.1) is 0 Å². The maximum atomic E-state index is 5.88. The first kappa shape index (κ1) is 16.3. The van der Waals surface area contributed by atoms with Crippen molar-refractivity contribution in [1.82, 2.24) is 10.6 Å². The van der Waals surface area contributed by atoms with Gasteiger partial charge in [0.15, 0.2) is 5.96 Å².